The van der Waals surface area contributed by atoms with Crippen molar-refractivity contribution in [1.29, 1.82) is 0 Å². The highest BCUT2D eigenvalue weighted by Crippen LogP contribution is 2.32. The molecule has 2 aromatic carbocycles. The lowest BCUT2D eigenvalue weighted by atomic mass is 9.94. The predicted octanol–water partition coefficient (Wildman–Crippen LogP) is 4.19. The SMILES string of the molecule is CCOc1cc(CN2C[C@@H]3CC[C@H](C2)N(Cc2ccccc2)C3)ccc1OC. The molecule has 2 bridgehead atoms. The Morgan fingerprint density at radius 3 is 2.54 bits per heavy atom. The summed E-state index contributed by atoms with van der Waals surface area (Å²) in [7, 11) is 1.70. The third-order valence-electron chi connectivity index (χ3n) is 6.07. The van der Waals surface area contributed by atoms with Crippen molar-refractivity contribution in [3.63, 3.8) is 0 Å². The molecule has 4 heteroatoms. The van der Waals surface area contributed by atoms with Crippen LogP contribution < -0.4 is 9.47 Å². The number of piperidine rings is 1. The van der Waals surface area contributed by atoms with Crippen molar-refractivity contribution in [3.05, 3.63) is 59.7 Å². The van der Waals surface area contributed by atoms with Gasteiger partial charge in [0, 0.05) is 38.8 Å². The van der Waals surface area contributed by atoms with E-state index in [0.29, 0.717) is 12.6 Å². The molecule has 2 atom stereocenters. The average Bonchev–Trinajstić information content (AvgIpc) is 3.00. The first kappa shape index (κ1) is 19.3. The van der Waals surface area contributed by atoms with E-state index >= 15 is 0 Å². The van der Waals surface area contributed by atoms with Crippen molar-refractivity contribution in [1.82, 2.24) is 9.80 Å². The maximum atomic E-state index is 5.77. The Bertz CT molecular complexity index is 764. The Balaban J connectivity index is 1.44. The van der Waals surface area contributed by atoms with Crippen LogP contribution in [-0.4, -0.2) is 49.2 Å². The second-order valence-electron chi connectivity index (χ2n) is 8.12. The molecular weight excluding hydrogens is 348 g/mol. The quantitative estimate of drug-likeness (QED) is 0.719. The fraction of sp³-hybridized carbons (Fsp3) is 0.500. The van der Waals surface area contributed by atoms with Crippen molar-refractivity contribution in [2.45, 2.75) is 38.9 Å². The van der Waals surface area contributed by atoms with Gasteiger partial charge in [0.25, 0.3) is 0 Å². The first-order valence-corrected chi connectivity index (χ1v) is 10.5. The van der Waals surface area contributed by atoms with Crippen LogP contribution in [0.5, 0.6) is 11.5 Å². The van der Waals surface area contributed by atoms with Gasteiger partial charge in [-0.1, -0.05) is 36.4 Å². The maximum Gasteiger partial charge on any atom is 0.161 e. The van der Waals surface area contributed by atoms with Gasteiger partial charge in [-0.3, -0.25) is 9.80 Å². The molecule has 28 heavy (non-hydrogen) atoms. The molecule has 0 aromatic heterocycles. The number of methoxy groups -OCH3 is 1. The van der Waals surface area contributed by atoms with Gasteiger partial charge in [-0.15, -0.1) is 0 Å². The zero-order chi connectivity index (χ0) is 19.3. The Kier molecular flexibility index (Phi) is 6.18. The molecule has 0 radical (unpaired) electrons. The van der Waals surface area contributed by atoms with Crippen LogP contribution in [0.1, 0.15) is 30.9 Å². The Morgan fingerprint density at radius 2 is 1.75 bits per heavy atom. The van der Waals surface area contributed by atoms with Gasteiger partial charge in [-0.25, -0.2) is 0 Å². The maximum absolute atomic E-state index is 5.77. The van der Waals surface area contributed by atoms with Gasteiger partial charge in [0.05, 0.1) is 13.7 Å². The number of hydrogen-bond acceptors (Lipinski definition) is 4. The van der Waals surface area contributed by atoms with Crippen molar-refractivity contribution in [2.75, 3.05) is 33.4 Å². The summed E-state index contributed by atoms with van der Waals surface area (Å²) in [6, 6.07) is 17.9. The third-order valence-corrected chi connectivity index (χ3v) is 6.07. The van der Waals surface area contributed by atoms with E-state index in [0.717, 1.165) is 37.1 Å². The highest BCUT2D eigenvalue weighted by atomic mass is 16.5. The minimum Gasteiger partial charge on any atom is -0.493 e. The van der Waals surface area contributed by atoms with E-state index < -0.39 is 0 Å². The number of nitrogens with zero attached hydrogens (tertiary/aromatic N) is 2. The fourth-order valence-corrected chi connectivity index (χ4v) is 4.76. The molecular formula is C24H32N2O2. The van der Waals surface area contributed by atoms with Crippen molar-refractivity contribution in [2.24, 2.45) is 5.92 Å². The molecule has 0 unspecified atom stereocenters. The summed E-state index contributed by atoms with van der Waals surface area (Å²) >= 11 is 0. The van der Waals surface area contributed by atoms with Crippen LogP contribution in [0.25, 0.3) is 0 Å². The standard InChI is InChI=1S/C24H32N2O2/c1-3-28-24-13-20(10-12-23(24)27-2)14-25-15-21-9-11-22(18-25)26(17-21)16-19-7-5-4-6-8-19/h4-8,10,12-13,21-22H,3,9,11,14-18H2,1-2H3/t21-,22+/m0/s1. The molecule has 3 fully saturated rings. The summed E-state index contributed by atoms with van der Waals surface area (Å²) in [6.07, 6.45) is 2.68. The third kappa shape index (κ3) is 4.50. The highest BCUT2D eigenvalue weighted by molar-refractivity contribution is 5.43. The number of rotatable bonds is 7. The number of hydrogen-bond donors (Lipinski definition) is 0. The monoisotopic (exact) mass is 380 g/mol. The zero-order valence-electron chi connectivity index (χ0n) is 17.1. The molecule has 0 aliphatic carbocycles. The largest absolute Gasteiger partial charge is 0.493 e. The van der Waals surface area contributed by atoms with E-state index in [1.54, 1.807) is 7.11 Å². The summed E-state index contributed by atoms with van der Waals surface area (Å²) in [6.45, 7) is 8.30. The highest BCUT2D eigenvalue weighted by Gasteiger charge is 2.34. The molecule has 2 aromatic rings. The summed E-state index contributed by atoms with van der Waals surface area (Å²) in [4.78, 5) is 5.36. The van der Waals surface area contributed by atoms with Crippen LogP contribution in [0.15, 0.2) is 48.5 Å². The van der Waals surface area contributed by atoms with Crippen molar-refractivity contribution >= 4 is 0 Å². The molecule has 3 aliphatic rings. The van der Waals surface area contributed by atoms with E-state index in [4.69, 9.17) is 9.47 Å². The lowest BCUT2D eigenvalue weighted by molar-refractivity contribution is 0.123. The molecule has 3 heterocycles. The van der Waals surface area contributed by atoms with E-state index in [2.05, 4.69) is 52.3 Å². The average molecular weight is 381 g/mol. The lowest BCUT2D eigenvalue weighted by Gasteiger charge is -2.36. The number of benzene rings is 2. The fourth-order valence-electron chi connectivity index (χ4n) is 4.76. The van der Waals surface area contributed by atoms with Gasteiger partial charge in [-0.2, -0.15) is 0 Å². The topological polar surface area (TPSA) is 24.9 Å². The molecule has 0 saturated carbocycles. The first-order valence-electron chi connectivity index (χ1n) is 10.5. The molecule has 0 amide bonds. The van der Waals surface area contributed by atoms with Gasteiger partial charge < -0.3 is 9.47 Å². The molecule has 0 N–H and O–H groups in total. The molecule has 5 rings (SSSR count). The summed E-state index contributed by atoms with van der Waals surface area (Å²) < 4.78 is 11.2. The summed E-state index contributed by atoms with van der Waals surface area (Å²) in [5.74, 6) is 2.44. The van der Waals surface area contributed by atoms with Gasteiger partial charge in [0.15, 0.2) is 11.5 Å². The number of fused-ring (bicyclic) bond motifs is 4. The molecule has 0 spiro atoms. The second kappa shape index (κ2) is 8.97. The molecule has 150 valence electrons. The Hall–Kier alpha value is -2.04. The summed E-state index contributed by atoms with van der Waals surface area (Å²) in [5, 5.41) is 0. The molecule has 3 aliphatic heterocycles. The first-order chi connectivity index (χ1) is 13.7. The van der Waals surface area contributed by atoms with Crippen molar-refractivity contribution < 1.29 is 9.47 Å². The van der Waals surface area contributed by atoms with Crippen LogP contribution in [0, 0.1) is 5.92 Å². The van der Waals surface area contributed by atoms with E-state index in [9.17, 15) is 0 Å². The van der Waals surface area contributed by atoms with Gasteiger partial charge in [0.1, 0.15) is 0 Å². The molecule has 4 nitrogen and oxygen atoms in total. The van der Waals surface area contributed by atoms with E-state index in [-0.39, 0.29) is 0 Å². The second-order valence-corrected chi connectivity index (χ2v) is 8.12. The summed E-state index contributed by atoms with van der Waals surface area (Å²) in [5.41, 5.74) is 2.73. The van der Waals surface area contributed by atoms with Gasteiger partial charge in [-0.05, 0) is 48.9 Å². The lowest BCUT2D eigenvalue weighted by Crippen LogP contribution is -2.43. The Labute approximate surface area is 169 Å². The predicted molar refractivity (Wildman–Crippen MR) is 113 cm³/mol. The zero-order valence-corrected chi connectivity index (χ0v) is 17.1. The van der Waals surface area contributed by atoms with E-state index in [1.165, 1.54) is 37.1 Å². The number of ether oxygens (including phenoxy) is 2. The smallest absolute Gasteiger partial charge is 0.161 e. The van der Waals surface area contributed by atoms with Crippen LogP contribution in [0.2, 0.25) is 0 Å². The minimum atomic E-state index is 0.655. The Morgan fingerprint density at radius 1 is 0.893 bits per heavy atom. The molecule has 3 saturated heterocycles. The van der Waals surface area contributed by atoms with Crippen molar-refractivity contribution in [3.8, 4) is 11.5 Å². The van der Waals surface area contributed by atoms with Gasteiger partial charge in [0.2, 0.25) is 0 Å². The van der Waals surface area contributed by atoms with Crippen LogP contribution in [0.4, 0.5) is 0 Å². The normalized spacial score (nSPS) is 22.8. The minimum absolute atomic E-state index is 0.655. The van der Waals surface area contributed by atoms with E-state index in [1.807, 2.05) is 13.0 Å². The van der Waals surface area contributed by atoms with Gasteiger partial charge >= 0.3 is 0 Å². The van der Waals surface area contributed by atoms with Crippen LogP contribution >= 0.6 is 0 Å². The van der Waals surface area contributed by atoms with Crippen LogP contribution in [-0.2, 0) is 13.1 Å². The van der Waals surface area contributed by atoms with Crippen LogP contribution in [0.3, 0.4) is 0 Å².